The molecule has 3 heterocycles. The van der Waals surface area contributed by atoms with E-state index in [1.807, 2.05) is 30.7 Å². The molecule has 136 valence electrons. The van der Waals surface area contributed by atoms with E-state index in [4.69, 9.17) is 4.98 Å². The Morgan fingerprint density at radius 1 is 1.32 bits per heavy atom. The summed E-state index contributed by atoms with van der Waals surface area (Å²) in [7, 11) is -0.400. The van der Waals surface area contributed by atoms with Crippen LogP contribution in [0.15, 0.2) is 18.3 Å². The maximum Gasteiger partial charge on any atom is 0.282 e. The van der Waals surface area contributed by atoms with Crippen molar-refractivity contribution in [3.8, 4) is 11.4 Å². The van der Waals surface area contributed by atoms with Crippen LogP contribution >= 0.6 is 0 Å². The third-order valence-corrected chi connectivity index (χ3v) is 6.36. The highest BCUT2D eigenvalue weighted by molar-refractivity contribution is 7.86. The van der Waals surface area contributed by atoms with Crippen molar-refractivity contribution < 1.29 is 8.42 Å². The van der Waals surface area contributed by atoms with Crippen molar-refractivity contribution in [2.45, 2.75) is 39.3 Å². The molecular formula is C16H24N6O2S. The second-order valence-corrected chi connectivity index (χ2v) is 8.44. The molecule has 0 saturated carbocycles. The Balaban J connectivity index is 2.03. The largest absolute Gasteiger partial charge is 0.282 e. The molecule has 8 nitrogen and oxygen atoms in total. The van der Waals surface area contributed by atoms with E-state index >= 15 is 0 Å². The lowest BCUT2D eigenvalue weighted by Crippen LogP contribution is -2.40. The Kier molecular flexibility index (Phi) is 4.90. The summed E-state index contributed by atoms with van der Waals surface area (Å²) in [6, 6.07) is 3.49. The number of nitrogens with zero attached hydrogens (tertiary/aromatic N) is 6. The smallest absolute Gasteiger partial charge is 0.264 e. The fourth-order valence-corrected chi connectivity index (χ4v) is 4.46. The molecule has 0 unspecified atom stereocenters. The normalized spacial score (nSPS) is 19.0. The minimum atomic E-state index is -3.50. The van der Waals surface area contributed by atoms with Crippen LogP contribution in [-0.4, -0.2) is 57.4 Å². The summed E-state index contributed by atoms with van der Waals surface area (Å²) in [4.78, 5) is 9.23. The zero-order valence-electron chi connectivity index (χ0n) is 15.0. The van der Waals surface area contributed by atoms with Crippen molar-refractivity contribution in [1.29, 1.82) is 0 Å². The number of aryl methyl sites for hydroxylation is 2. The molecular weight excluding hydrogens is 340 g/mol. The molecule has 0 aliphatic carbocycles. The first-order chi connectivity index (χ1) is 11.8. The zero-order chi connectivity index (χ0) is 18.2. The van der Waals surface area contributed by atoms with Gasteiger partial charge in [0.2, 0.25) is 0 Å². The van der Waals surface area contributed by atoms with Crippen LogP contribution in [0.3, 0.4) is 0 Å². The first-order valence-electron chi connectivity index (χ1n) is 8.41. The molecule has 0 bridgehead atoms. The van der Waals surface area contributed by atoms with Gasteiger partial charge < -0.3 is 0 Å². The molecule has 0 spiro atoms. The van der Waals surface area contributed by atoms with Crippen LogP contribution in [0.5, 0.6) is 0 Å². The van der Waals surface area contributed by atoms with Gasteiger partial charge in [-0.2, -0.15) is 22.1 Å². The van der Waals surface area contributed by atoms with Gasteiger partial charge in [0, 0.05) is 39.1 Å². The van der Waals surface area contributed by atoms with Crippen LogP contribution in [0.25, 0.3) is 11.4 Å². The molecule has 2 aromatic heterocycles. The summed E-state index contributed by atoms with van der Waals surface area (Å²) in [5.74, 6) is 0.557. The number of aromatic nitrogens is 4. The molecule has 1 fully saturated rings. The number of hydrogen-bond donors (Lipinski definition) is 0. The molecule has 0 amide bonds. The van der Waals surface area contributed by atoms with Gasteiger partial charge in [-0.1, -0.05) is 0 Å². The Hall–Kier alpha value is -1.84. The topological polar surface area (TPSA) is 84.2 Å². The minimum absolute atomic E-state index is 0.330. The fraction of sp³-hybridized carbons (Fsp3) is 0.562. The first-order valence-corrected chi connectivity index (χ1v) is 9.81. The van der Waals surface area contributed by atoms with Gasteiger partial charge in [-0.3, -0.25) is 4.68 Å². The number of rotatable bonds is 5. The van der Waals surface area contributed by atoms with E-state index in [0.29, 0.717) is 12.4 Å². The SMILES string of the molecule is CCn1nccc1-c1cc(C)nc([C@@H]2CCCN2S(=O)(=O)N(C)C)n1. The van der Waals surface area contributed by atoms with Gasteiger partial charge in [-0.05, 0) is 38.8 Å². The lowest BCUT2D eigenvalue weighted by atomic mass is 10.2. The van der Waals surface area contributed by atoms with Crippen molar-refractivity contribution in [3.63, 3.8) is 0 Å². The predicted molar refractivity (Wildman–Crippen MR) is 95.0 cm³/mol. The van der Waals surface area contributed by atoms with Crippen LogP contribution in [0.2, 0.25) is 0 Å². The molecule has 1 atom stereocenters. The van der Waals surface area contributed by atoms with Crippen LogP contribution in [0.1, 0.15) is 37.3 Å². The third-order valence-electron chi connectivity index (χ3n) is 4.41. The van der Waals surface area contributed by atoms with E-state index in [-0.39, 0.29) is 6.04 Å². The third kappa shape index (κ3) is 3.31. The van der Waals surface area contributed by atoms with Crippen molar-refractivity contribution in [3.05, 3.63) is 29.8 Å². The molecule has 0 N–H and O–H groups in total. The maximum absolute atomic E-state index is 12.6. The molecule has 1 aliphatic heterocycles. The van der Waals surface area contributed by atoms with Crippen molar-refractivity contribution >= 4 is 10.2 Å². The first kappa shape index (κ1) is 18.0. The van der Waals surface area contributed by atoms with E-state index < -0.39 is 10.2 Å². The molecule has 2 aromatic rings. The highest BCUT2D eigenvalue weighted by Crippen LogP contribution is 2.34. The quantitative estimate of drug-likeness (QED) is 0.805. The van der Waals surface area contributed by atoms with Crippen molar-refractivity contribution in [2.75, 3.05) is 20.6 Å². The summed E-state index contributed by atoms with van der Waals surface area (Å²) in [6.07, 6.45) is 3.27. The summed E-state index contributed by atoms with van der Waals surface area (Å²) in [5, 5.41) is 4.29. The Morgan fingerprint density at radius 2 is 2.08 bits per heavy atom. The van der Waals surface area contributed by atoms with Gasteiger partial charge in [0.25, 0.3) is 10.2 Å². The Morgan fingerprint density at radius 3 is 2.76 bits per heavy atom. The van der Waals surface area contributed by atoms with E-state index in [0.717, 1.165) is 36.5 Å². The van der Waals surface area contributed by atoms with Gasteiger partial charge >= 0.3 is 0 Å². The van der Waals surface area contributed by atoms with Crippen LogP contribution in [0.4, 0.5) is 0 Å². The lowest BCUT2D eigenvalue weighted by molar-refractivity contribution is 0.352. The Labute approximate surface area is 148 Å². The lowest BCUT2D eigenvalue weighted by Gasteiger charge is -2.26. The van der Waals surface area contributed by atoms with Gasteiger partial charge in [-0.15, -0.1) is 0 Å². The average molecular weight is 364 g/mol. The average Bonchev–Trinajstić information content (AvgIpc) is 3.23. The molecule has 1 aliphatic rings. The summed E-state index contributed by atoms with van der Waals surface area (Å²) in [6.45, 7) is 5.16. The summed E-state index contributed by atoms with van der Waals surface area (Å²) >= 11 is 0. The van der Waals surface area contributed by atoms with E-state index in [1.54, 1.807) is 20.3 Å². The Bertz CT molecular complexity index is 861. The highest BCUT2D eigenvalue weighted by atomic mass is 32.2. The van der Waals surface area contributed by atoms with Crippen LogP contribution in [-0.2, 0) is 16.8 Å². The molecule has 25 heavy (non-hydrogen) atoms. The highest BCUT2D eigenvalue weighted by Gasteiger charge is 2.38. The monoisotopic (exact) mass is 364 g/mol. The van der Waals surface area contributed by atoms with E-state index in [9.17, 15) is 8.42 Å². The maximum atomic E-state index is 12.6. The summed E-state index contributed by atoms with van der Waals surface area (Å²) < 4.78 is 29.8. The van der Waals surface area contributed by atoms with Gasteiger partial charge in [0.1, 0.15) is 5.82 Å². The zero-order valence-corrected chi connectivity index (χ0v) is 15.9. The molecule has 9 heteroatoms. The van der Waals surface area contributed by atoms with Crippen molar-refractivity contribution in [1.82, 2.24) is 28.4 Å². The van der Waals surface area contributed by atoms with Crippen LogP contribution in [0, 0.1) is 6.92 Å². The van der Waals surface area contributed by atoms with Gasteiger partial charge in [0.05, 0.1) is 17.4 Å². The number of hydrogen-bond acceptors (Lipinski definition) is 5. The fourth-order valence-electron chi connectivity index (χ4n) is 3.16. The van der Waals surface area contributed by atoms with Gasteiger partial charge in [0.15, 0.2) is 0 Å². The second-order valence-electron chi connectivity index (χ2n) is 6.34. The van der Waals surface area contributed by atoms with E-state index in [1.165, 1.54) is 8.61 Å². The molecule has 1 saturated heterocycles. The van der Waals surface area contributed by atoms with E-state index in [2.05, 4.69) is 10.1 Å². The van der Waals surface area contributed by atoms with Crippen molar-refractivity contribution in [2.24, 2.45) is 0 Å². The standard InChI is InChI=1S/C16H24N6O2S/c1-5-21-14(8-9-17-21)13-11-12(2)18-16(19-13)15-7-6-10-22(15)25(23,24)20(3)4/h8-9,11,15H,5-7,10H2,1-4H3/t15-/m0/s1. The molecule has 3 rings (SSSR count). The second kappa shape index (κ2) is 6.81. The molecule has 0 aromatic carbocycles. The van der Waals surface area contributed by atoms with Crippen LogP contribution < -0.4 is 0 Å². The summed E-state index contributed by atoms with van der Waals surface area (Å²) in [5.41, 5.74) is 2.50. The minimum Gasteiger partial charge on any atom is -0.264 e. The predicted octanol–water partition coefficient (Wildman–Crippen LogP) is 1.61. The van der Waals surface area contributed by atoms with Gasteiger partial charge in [-0.25, -0.2) is 9.97 Å². The molecule has 0 radical (unpaired) electrons.